The lowest BCUT2D eigenvalue weighted by Crippen LogP contribution is -2.74. The summed E-state index contributed by atoms with van der Waals surface area (Å²) in [6, 6.07) is 90.0. The van der Waals surface area contributed by atoms with E-state index in [1.807, 2.05) is 0 Å². The second-order valence-electron chi connectivity index (χ2n) is 16.1. The van der Waals surface area contributed by atoms with Gasteiger partial charge in [0.15, 0.2) is 8.07 Å². The van der Waals surface area contributed by atoms with Crippen LogP contribution in [-0.2, 0) is 0 Å². The molecule has 0 fully saturated rings. The molecule has 0 N–H and O–H groups in total. The third-order valence-electron chi connectivity index (χ3n) is 12.8. The van der Waals surface area contributed by atoms with Crippen LogP contribution in [-0.4, -0.2) is 17.2 Å². The number of rotatable bonds is 7. The Morgan fingerprint density at radius 3 is 1.28 bits per heavy atom. The number of aromatic nitrogens is 2. The van der Waals surface area contributed by atoms with Crippen molar-refractivity contribution in [1.82, 2.24) is 9.13 Å². The highest BCUT2D eigenvalue weighted by atomic mass is 28.3. The lowest BCUT2D eigenvalue weighted by atomic mass is 10.0. The quantitative estimate of drug-likeness (QED) is 0.112. The average molecular weight is 793 g/mol. The predicted octanol–water partition coefficient (Wildman–Crippen LogP) is 12.1. The van der Waals surface area contributed by atoms with E-state index in [1.165, 1.54) is 97.6 Å². The van der Waals surface area contributed by atoms with E-state index in [4.69, 9.17) is 0 Å². The fraction of sp³-hybridized carbons (Fsp3) is 0. The monoisotopic (exact) mass is 792 g/mol. The summed E-state index contributed by atoms with van der Waals surface area (Å²) in [7, 11) is -2.72. The maximum Gasteiger partial charge on any atom is 0.179 e. The third kappa shape index (κ3) is 5.48. The molecule has 0 saturated heterocycles. The Bertz CT molecular complexity index is 3480. The van der Waals surface area contributed by atoms with Gasteiger partial charge in [-0.3, -0.25) is 0 Å². The zero-order valence-corrected chi connectivity index (χ0v) is 34.5. The Morgan fingerprint density at radius 1 is 0.262 bits per heavy atom. The van der Waals surface area contributed by atoms with Gasteiger partial charge in [-0.15, -0.1) is 0 Å². The van der Waals surface area contributed by atoms with E-state index in [1.54, 1.807) is 0 Å². The lowest BCUT2D eigenvalue weighted by molar-refractivity contribution is 1.18. The van der Waals surface area contributed by atoms with Crippen LogP contribution in [0, 0.1) is 0 Å². The summed E-state index contributed by atoms with van der Waals surface area (Å²) in [6.45, 7) is 0. The predicted molar refractivity (Wildman–Crippen MR) is 262 cm³/mol. The largest absolute Gasteiger partial charge is 0.309 e. The first-order valence-electron chi connectivity index (χ1n) is 21.1. The first kappa shape index (κ1) is 35.2. The SMILES string of the molecule is c1ccc([Si](c2ccccc2)(c2ccccc2)c2cccc(-n3c4ccccc4c4cc(-c5ccc6c(c5)c5ccccc5n6-c5cccc6ccccc56)ccc43)c2)cc1. The molecule has 61 heavy (non-hydrogen) atoms. The molecule has 0 radical (unpaired) electrons. The molecule has 0 saturated carbocycles. The number of hydrogen-bond donors (Lipinski definition) is 0. The van der Waals surface area contributed by atoms with Crippen LogP contribution in [0.2, 0.25) is 0 Å². The summed E-state index contributed by atoms with van der Waals surface area (Å²) < 4.78 is 4.91. The van der Waals surface area contributed by atoms with Crippen LogP contribution in [0.1, 0.15) is 0 Å². The maximum absolute atomic E-state index is 2.72. The highest BCUT2D eigenvalue weighted by molar-refractivity contribution is 7.19. The summed E-state index contributed by atoms with van der Waals surface area (Å²) in [5.74, 6) is 0. The molecule has 10 aromatic carbocycles. The molecule has 0 unspecified atom stereocenters. The summed E-state index contributed by atoms with van der Waals surface area (Å²) >= 11 is 0. The summed E-state index contributed by atoms with van der Waals surface area (Å²) in [5, 5.41) is 13.0. The Morgan fingerprint density at radius 2 is 0.689 bits per heavy atom. The minimum Gasteiger partial charge on any atom is -0.309 e. The van der Waals surface area contributed by atoms with Gasteiger partial charge in [0, 0.05) is 32.6 Å². The van der Waals surface area contributed by atoms with E-state index in [-0.39, 0.29) is 0 Å². The van der Waals surface area contributed by atoms with Crippen LogP contribution in [0.25, 0.3) is 76.9 Å². The number of benzene rings is 10. The standard InChI is InChI=1S/C58H40N2Si/c1-4-21-45(22-5-1)61(46-23-6-2-7-24-46,47-25-8-3-9-26-47)48-27-17-20-44(40-48)59-55-31-14-12-29-50(55)52-38-42(34-36-57(52)59)43-35-37-58-53(39-43)51-30-13-15-32-56(51)60(58)54-33-16-19-41-18-10-11-28-49(41)54/h1-40H. The Balaban J connectivity index is 1.04. The van der Waals surface area contributed by atoms with Crippen LogP contribution in [0.4, 0.5) is 0 Å². The van der Waals surface area contributed by atoms with Gasteiger partial charge in [0.1, 0.15) is 0 Å². The van der Waals surface area contributed by atoms with Crippen LogP contribution in [0.15, 0.2) is 243 Å². The number of hydrogen-bond acceptors (Lipinski definition) is 0. The molecule has 0 aliphatic heterocycles. The van der Waals surface area contributed by atoms with E-state index in [9.17, 15) is 0 Å². The van der Waals surface area contributed by atoms with Crippen molar-refractivity contribution in [1.29, 1.82) is 0 Å². The van der Waals surface area contributed by atoms with Gasteiger partial charge in [0.25, 0.3) is 0 Å². The molecule has 2 nitrogen and oxygen atoms in total. The van der Waals surface area contributed by atoms with Gasteiger partial charge in [0.2, 0.25) is 0 Å². The molecule has 0 spiro atoms. The molecule has 12 aromatic rings. The van der Waals surface area contributed by atoms with E-state index in [0.717, 1.165) is 0 Å². The fourth-order valence-electron chi connectivity index (χ4n) is 10.2. The minimum absolute atomic E-state index is 1.17. The van der Waals surface area contributed by atoms with Crippen LogP contribution in [0.3, 0.4) is 0 Å². The third-order valence-corrected chi connectivity index (χ3v) is 17.6. The minimum atomic E-state index is -2.72. The molecule has 12 rings (SSSR count). The summed E-state index contributed by atoms with van der Waals surface area (Å²) in [5.41, 5.74) is 9.60. The van der Waals surface area contributed by atoms with Crippen LogP contribution >= 0.6 is 0 Å². The number of para-hydroxylation sites is 2. The van der Waals surface area contributed by atoms with Gasteiger partial charge >= 0.3 is 0 Å². The van der Waals surface area contributed by atoms with Crippen molar-refractivity contribution >= 4 is 83.2 Å². The first-order valence-corrected chi connectivity index (χ1v) is 23.1. The number of nitrogens with zero attached hydrogens (tertiary/aromatic N) is 2. The van der Waals surface area contributed by atoms with Crippen molar-refractivity contribution in [2.24, 2.45) is 0 Å². The zero-order chi connectivity index (χ0) is 40.3. The average Bonchev–Trinajstić information content (AvgIpc) is 3.85. The van der Waals surface area contributed by atoms with Crippen molar-refractivity contribution in [3.8, 4) is 22.5 Å². The normalized spacial score (nSPS) is 11.9. The van der Waals surface area contributed by atoms with Crippen molar-refractivity contribution in [2.75, 3.05) is 0 Å². The second-order valence-corrected chi connectivity index (χ2v) is 19.9. The molecular formula is C58H40N2Si. The Kier molecular flexibility index (Phi) is 8.22. The van der Waals surface area contributed by atoms with E-state index < -0.39 is 8.07 Å². The molecule has 3 heteroatoms. The maximum atomic E-state index is 2.47. The Labute approximate surface area is 355 Å². The van der Waals surface area contributed by atoms with Crippen molar-refractivity contribution < 1.29 is 0 Å². The van der Waals surface area contributed by atoms with Crippen molar-refractivity contribution in [2.45, 2.75) is 0 Å². The molecular weight excluding hydrogens is 753 g/mol. The van der Waals surface area contributed by atoms with E-state index >= 15 is 0 Å². The highest BCUT2D eigenvalue weighted by Crippen LogP contribution is 2.39. The topological polar surface area (TPSA) is 9.86 Å². The van der Waals surface area contributed by atoms with E-state index in [0.29, 0.717) is 0 Å². The molecule has 2 aromatic heterocycles. The number of fused-ring (bicyclic) bond motifs is 7. The van der Waals surface area contributed by atoms with Crippen LogP contribution < -0.4 is 20.7 Å². The summed E-state index contributed by atoms with van der Waals surface area (Å²) in [4.78, 5) is 0. The molecule has 286 valence electrons. The molecule has 0 atom stereocenters. The fourth-order valence-corrected chi connectivity index (χ4v) is 15.0. The second kappa shape index (κ2) is 14.2. The highest BCUT2D eigenvalue weighted by Gasteiger charge is 2.41. The molecule has 0 aliphatic rings. The van der Waals surface area contributed by atoms with Gasteiger partial charge in [0.05, 0.1) is 27.8 Å². The van der Waals surface area contributed by atoms with Crippen molar-refractivity contribution in [3.63, 3.8) is 0 Å². The van der Waals surface area contributed by atoms with Crippen molar-refractivity contribution in [3.05, 3.63) is 243 Å². The zero-order valence-electron chi connectivity index (χ0n) is 33.5. The van der Waals surface area contributed by atoms with E-state index in [2.05, 4.69) is 252 Å². The van der Waals surface area contributed by atoms with Gasteiger partial charge in [-0.2, -0.15) is 0 Å². The van der Waals surface area contributed by atoms with Crippen LogP contribution in [0.5, 0.6) is 0 Å². The lowest BCUT2D eigenvalue weighted by Gasteiger charge is -2.34. The molecule has 0 aliphatic carbocycles. The molecule has 0 amide bonds. The van der Waals surface area contributed by atoms with Gasteiger partial charge in [-0.05, 0) is 91.9 Å². The molecule has 2 heterocycles. The summed E-state index contributed by atoms with van der Waals surface area (Å²) in [6.07, 6.45) is 0. The Hall–Kier alpha value is -7.72. The van der Waals surface area contributed by atoms with Gasteiger partial charge in [-0.25, -0.2) is 0 Å². The van der Waals surface area contributed by atoms with Gasteiger partial charge in [-0.1, -0.05) is 188 Å². The smallest absolute Gasteiger partial charge is 0.179 e. The first-order chi connectivity index (χ1) is 30.3. The van der Waals surface area contributed by atoms with Gasteiger partial charge < -0.3 is 9.13 Å². The molecule has 0 bridgehead atoms.